The fourth-order valence-electron chi connectivity index (χ4n) is 1.45. The van der Waals surface area contributed by atoms with Gasteiger partial charge in [-0.3, -0.25) is 4.79 Å². The van der Waals surface area contributed by atoms with E-state index < -0.39 is 17.9 Å². The lowest BCUT2D eigenvalue weighted by atomic mass is 10.0. The molecule has 1 rings (SSSR count). The highest BCUT2D eigenvalue weighted by molar-refractivity contribution is 6.33. The molecule has 1 aromatic heterocycles. The zero-order chi connectivity index (χ0) is 14.6. The molecular formula is C12H14Cl2N2O3. The molecule has 7 heteroatoms. The molecule has 1 atom stereocenters. The van der Waals surface area contributed by atoms with Crippen LogP contribution >= 0.6 is 23.2 Å². The summed E-state index contributed by atoms with van der Waals surface area (Å²) in [5.41, 5.74) is 0.236. The molecule has 0 spiro atoms. The summed E-state index contributed by atoms with van der Waals surface area (Å²) in [6, 6.07) is 2.01. The van der Waals surface area contributed by atoms with Crippen molar-refractivity contribution in [1.29, 1.82) is 0 Å². The Labute approximate surface area is 121 Å². The quantitative estimate of drug-likeness (QED) is 0.684. The maximum atomic E-state index is 12.0. The molecular weight excluding hydrogens is 291 g/mol. The fourth-order valence-corrected chi connectivity index (χ4v) is 1.91. The number of carbonyl (C=O) groups excluding carboxylic acids is 2. The molecule has 0 aliphatic carbocycles. The molecule has 0 saturated carbocycles. The van der Waals surface area contributed by atoms with Crippen molar-refractivity contribution in [3.8, 4) is 0 Å². The zero-order valence-corrected chi connectivity index (χ0v) is 12.2. The summed E-state index contributed by atoms with van der Waals surface area (Å²) in [5, 5.41) is 2.80. The molecule has 5 nitrogen and oxygen atoms in total. The van der Waals surface area contributed by atoms with E-state index >= 15 is 0 Å². The predicted molar refractivity (Wildman–Crippen MR) is 72.4 cm³/mol. The van der Waals surface area contributed by atoms with Crippen molar-refractivity contribution < 1.29 is 14.3 Å². The Hall–Kier alpha value is -1.33. The number of nitrogens with zero attached hydrogens (tertiary/aromatic N) is 1. The van der Waals surface area contributed by atoms with E-state index in [1.165, 1.54) is 19.2 Å². The molecule has 0 aromatic carbocycles. The van der Waals surface area contributed by atoms with E-state index in [9.17, 15) is 9.59 Å². The van der Waals surface area contributed by atoms with E-state index in [2.05, 4.69) is 15.0 Å². The highest BCUT2D eigenvalue weighted by Crippen LogP contribution is 2.15. The van der Waals surface area contributed by atoms with Crippen LogP contribution < -0.4 is 5.32 Å². The van der Waals surface area contributed by atoms with E-state index in [4.69, 9.17) is 23.2 Å². The first-order valence-electron chi connectivity index (χ1n) is 5.57. The zero-order valence-electron chi connectivity index (χ0n) is 10.7. The van der Waals surface area contributed by atoms with Crippen LogP contribution in [0.3, 0.4) is 0 Å². The van der Waals surface area contributed by atoms with Crippen LogP contribution in [0.1, 0.15) is 24.2 Å². The molecule has 1 amide bonds. The van der Waals surface area contributed by atoms with Crippen LogP contribution in [0.5, 0.6) is 0 Å². The number of esters is 1. The van der Waals surface area contributed by atoms with Crippen LogP contribution in [-0.4, -0.2) is 30.0 Å². The van der Waals surface area contributed by atoms with Crippen LogP contribution in [0.4, 0.5) is 0 Å². The van der Waals surface area contributed by atoms with Gasteiger partial charge in [0.1, 0.15) is 16.3 Å². The normalized spacial score (nSPS) is 12.1. The van der Waals surface area contributed by atoms with Crippen molar-refractivity contribution in [3.05, 3.63) is 28.0 Å². The van der Waals surface area contributed by atoms with Gasteiger partial charge in [-0.1, -0.05) is 37.0 Å². The monoisotopic (exact) mass is 304 g/mol. The van der Waals surface area contributed by atoms with Gasteiger partial charge in [-0.2, -0.15) is 0 Å². The molecule has 1 aromatic rings. The number of aromatic nitrogens is 1. The van der Waals surface area contributed by atoms with Gasteiger partial charge in [-0.15, -0.1) is 0 Å². The molecule has 0 aliphatic heterocycles. The molecule has 1 heterocycles. The Morgan fingerprint density at radius 1 is 1.26 bits per heavy atom. The van der Waals surface area contributed by atoms with Gasteiger partial charge in [0.25, 0.3) is 5.91 Å². The Bertz CT molecular complexity index is 472. The van der Waals surface area contributed by atoms with Crippen LogP contribution in [0, 0.1) is 5.92 Å². The minimum Gasteiger partial charge on any atom is -0.467 e. The summed E-state index contributed by atoms with van der Waals surface area (Å²) in [5.74, 6) is -1.07. The third-order valence-electron chi connectivity index (χ3n) is 2.43. The number of methoxy groups -OCH3 is 1. The number of amides is 1. The van der Waals surface area contributed by atoms with Gasteiger partial charge < -0.3 is 10.1 Å². The lowest BCUT2D eigenvalue weighted by Crippen LogP contribution is -2.45. The number of hydrogen-bond acceptors (Lipinski definition) is 4. The second-order valence-corrected chi connectivity index (χ2v) is 4.99. The highest BCUT2D eigenvalue weighted by atomic mass is 35.5. The summed E-state index contributed by atoms with van der Waals surface area (Å²) in [6.45, 7) is 3.60. The van der Waals surface area contributed by atoms with Crippen LogP contribution in [-0.2, 0) is 9.53 Å². The highest BCUT2D eigenvalue weighted by Gasteiger charge is 2.25. The smallest absolute Gasteiger partial charge is 0.328 e. The van der Waals surface area contributed by atoms with Crippen molar-refractivity contribution >= 4 is 35.1 Å². The first-order valence-corrected chi connectivity index (χ1v) is 6.32. The summed E-state index contributed by atoms with van der Waals surface area (Å²) in [6.07, 6.45) is 0. The molecule has 0 fully saturated rings. The van der Waals surface area contributed by atoms with Gasteiger partial charge in [-0.05, 0) is 18.1 Å². The standard InChI is InChI=1S/C12H14Cl2N2O3/c1-6(2)10(12(18)19-3)16-11(17)7-4-8(13)15-9(14)5-7/h4-6,10H,1-3H3,(H,16,17)/t10-/m0/s1. The van der Waals surface area contributed by atoms with E-state index in [0.717, 1.165) is 0 Å². The molecule has 0 radical (unpaired) electrons. The van der Waals surface area contributed by atoms with Gasteiger partial charge in [0.15, 0.2) is 0 Å². The molecule has 0 aliphatic rings. The Balaban J connectivity index is 2.90. The van der Waals surface area contributed by atoms with E-state index in [-0.39, 0.29) is 21.8 Å². The van der Waals surface area contributed by atoms with Crippen LogP contribution in [0.25, 0.3) is 0 Å². The minimum atomic E-state index is -0.733. The Morgan fingerprint density at radius 3 is 2.21 bits per heavy atom. The SMILES string of the molecule is COC(=O)[C@@H](NC(=O)c1cc(Cl)nc(Cl)c1)C(C)C. The van der Waals surface area contributed by atoms with Crippen molar-refractivity contribution in [1.82, 2.24) is 10.3 Å². The second kappa shape index (κ2) is 6.73. The number of nitrogens with one attached hydrogen (secondary N) is 1. The Kier molecular flexibility index (Phi) is 5.57. The fraction of sp³-hybridized carbons (Fsp3) is 0.417. The molecule has 0 unspecified atom stereocenters. The van der Waals surface area contributed by atoms with Gasteiger partial charge in [0, 0.05) is 5.56 Å². The lowest BCUT2D eigenvalue weighted by Gasteiger charge is -2.19. The molecule has 19 heavy (non-hydrogen) atoms. The summed E-state index contributed by atoms with van der Waals surface area (Å²) >= 11 is 11.4. The summed E-state index contributed by atoms with van der Waals surface area (Å²) in [7, 11) is 1.27. The minimum absolute atomic E-state index is 0.107. The maximum absolute atomic E-state index is 12.0. The third-order valence-corrected chi connectivity index (χ3v) is 2.82. The van der Waals surface area contributed by atoms with Crippen LogP contribution in [0.2, 0.25) is 10.3 Å². The van der Waals surface area contributed by atoms with E-state index in [1.54, 1.807) is 13.8 Å². The number of ether oxygens (including phenoxy) is 1. The van der Waals surface area contributed by atoms with Gasteiger partial charge in [0.2, 0.25) is 0 Å². The first kappa shape index (κ1) is 15.7. The van der Waals surface area contributed by atoms with Crippen molar-refractivity contribution in [2.24, 2.45) is 5.92 Å². The number of halogens is 2. The molecule has 0 saturated heterocycles. The topological polar surface area (TPSA) is 68.3 Å². The molecule has 104 valence electrons. The average molecular weight is 305 g/mol. The maximum Gasteiger partial charge on any atom is 0.328 e. The van der Waals surface area contributed by atoms with Gasteiger partial charge in [0.05, 0.1) is 7.11 Å². The van der Waals surface area contributed by atoms with Crippen LogP contribution in [0.15, 0.2) is 12.1 Å². The van der Waals surface area contributed by atoms with Gasteiger partial charge >= 0.3 is 5.97 Å². The number of carbonyl (C=O) groups is 2. The largest absolute Gasteiger partial charge is 0.467 e. The number of hydrogen-bond donors (Lipinski definition) is 1. The predicted octanol–water partition coefficient (Wildman–Crippen LogP) is 2.32. The number of rotatable bonds is 4. The van der Waals surface area contributed by atoms with Gasteiger partial charge in [-0.25, -0.2) is 9.78 Å². The lowest BCUT2D eigenvalue weighted by molar-refractivity contribution is -0.144. The first-order chi connectivity index (χ1) is 8.85. The molecule has 0 bridgehead atoms. The average Bonchev–Trinajstić information content (AvgIpc) is 2.33. The number of pyridine rings is 1. The Morgan fingerprint density at radius 2 is 1.79 bits per heavy atom. The van der Waals surface area contributed by atoms with E-state index in [1.807, 2.05) is 0 Å². The van der Waals surface area contributed by atoms with E-state index in [0.29, 0.717) is 0 Å². The second-order valence-electron chi connectivity index (χ2n) is 4.22. The summed E-state index contributed by atoms with van der Waals surface area (Å²) in [4.78, 5) is 27.3. The molecule has 1 N–H and O–H groups in total. The van der Waals surface area contributed by atoms with Crippen molar-refractivity contribution in [2.75, 3.05) is 7.11 Å². The summed E-state index contributed by atoms with van der Waals surface area (Å²) < 4.78 is 4.64. The third kappa shape index (κ3) is 4.36. The van der Waals surface area contributed by atoms with Crippen molar-refractivity contribution in [3.63, 3.8) is 0 Å². The van der Waals surface area contributed by atoms with Crippen molar-refractivity contribution in [2.45, 2.75) is 19.9 Å².